The lowest BCUT2D eigenvalue weighted by molar-refractivity contribution is -0.384. The summed E-state index contributed by atoms with van der Waals surface area (Å²) in [5.41, 5.74) is 0.977. The van der Waals surface area contributed by atoms with Gasteiger partial charge in [-0.15, -0.1) is 0 Å². The Balaban J connectivity index is 2.06. The van der Waals surface area contributed by atoms with Crippen LogP contribution in [0.4, 0.5) is 10.1 Å². The van der Waals surface area contributed by atoms with Gasteiger partial charge < -0.3 is 10.1 Å². The molecule has 0 aromatic heterocycles. The number of rotatable bonds is 7. The van der Waals surface area contributed by atoms with E-state index in [4.69, 9.17) is 4.74 Å². The lowest BCUT2D eigenvalue weighted by Gasteiger charge is -2.16. The number of methoxy groups -OCH3 is 1. The fraction of sp³-hybridized carbons (Fsp3) is 0.222. The molecule has 0 saturated heterocycles. The van der Waals surface area contributed by atoms with Gasteiger partial charge in [0.05, 0.1) is 18.5 Å². The second-order valence-electron chi connectivity index (χ2n) is 5.58. The number of esters is 1. The standard InChI is InChI=1S/C18H17FN2O5/c1-26-18(23)16(10-12-5-7-14(19)8-6-12)20-17(22)11-13-3-2-4-15(9-13)21(24)25/h2-9,16H,10-11H2,1H3,(H,20,22)/t16-/m0/s1. The number of nitro groups is 1. The third-order valence-corrected chi connectivity index (χ3v) is 3.66. The number of nitrogens with one attached hydrogen (secondary N) is 1. The topological polar surface area (TPSA) is 98.5 Å². The van der Waals surface area contributed by atoms with Crippen LogP contribution in [-0.4, -0.2) is 30.0 Å². The van der Waals surface area contributed by atoms with Crippen molar-refractivity contribution in [3.63, 3.8) is 0 Å². The minimum Gasteiger partial charge on any atom is -0.467 e. The number of nitrogens with zero attached hydrogens (tertiary/aromatic N) is 1. The Kier molecular flexibility index (Phi) is 6.37. The second kappa shape index (κ2) is 8.70. The summed E-state index contributed by atoms with van der Waals surface area (Å²) in [5, 5.41) is 13.3. The van der Waals surface area contributed by atoms with Crippen molar-refractivity contribution in [3.8, 4) is 0 Å². The van der Waals surface area contributed by atoms with Gasteiger partial charge in [0.2, 0.25) is 5.91 Å². The molecule has 1 atom stereocenters. The minimum atomic E-state index is -0.948. The summed E-state index contributed by atoms with van der Waals surface area (Å²) in [6.45, 7) is 0. The Morgan fingerprint density at radius 3 is 2.50 bits per heavy atom. The molecule has 0 saturated carbocycles. The van der Waals surface area contributed by atoms with Crippen molar-refractivity contribution in [1.29, 1.82) is 0 Å². The van der Waals surface area contributed by atoms with Crippen LogP contribution in [0.2, 0.25) is 0 Å². The Bertz CT molecular complexity index is 807. The SMILES string of the molecule is COC(=O)[C@H](Cc1ccc(F)cc1)NC(=O)Cc1cccc([N+](=O)[O-])c1. The monoisotopic (exact) mass is 360 g/mol. The molecule has 0 bridgehead atoms. The van der Waals surface area contributed by atoms with Crippen molar-refractivity contribution in [2.45, 2.75) is 18.9 Å². The molecule has 136 valence electrons. The first-order valence-electron chi connectivity index (χ1n) is 7.74. The molecule has 0 aliphatic heterocycles. The van der Waals surface area contributed by atoms with Gasteiger partial charge in [0.15, 0.2) is 0 Å². The highest BCUT2D eigenvalue weighted by molar-refractivity contribution is 5.85. The summed E-state index contributed by atoms with van der Waals surface area (Å²) in [6, 6.07) is 10.3. The van der Waals surface area contributed by atoms with Gasteiger partial charge in [-0.1, -0.05) is 24.3 Å². The number of benzene rings is 2. The highest BCUT2D eigenvalue weighted by atomic mass is 19.1. The van der Waals surface area contributed by atoms with Crippen LogP contribution >= 0.6 is 0 Å². The first-order valence-corrected chi connectivity index (χ1v) is 7.74. The van der Waals surface area contributed by atoms with Crippen molar-refractivity contribution in [2.24, 2.45) is 0 Å². The average Bonchev–Trinajstić information content (AvgIpc) is 2.62. The minimum absolute atomic E-state index is 0.119. The normalized spacial score (nSPS) is 11.5. The van der Waals surface area contributed by atoms with E-state index in [2.05, 4.69) is 5.32 Å². The lowest BCUT2D eigenvalue weighted by atomic mass is 10.0. The third-order valence-electron chi connectivity index (χ3n) is 3.66. The molecular formula is C18H17FN2O5. The van der Waals surface area contributed by atoms with Gasteiger partial charge in [0.25, 0.3) is 5.69 Å². The molecule has 0 aliphatic carbocycles. The summed E-state index contributed by atoms with van der Waals surface area (Å²) in [4.78, 5) is 34.4. The maximum absolute atomic E-state index is 13.0. The van der Waals surface area contributed by atoms with Crippen LogP contribution in [0.3, 0.4) is 0 Å². The fourth-order valence-electron chi connectivity index (χ4n) is 2.40. The maximum atomic E-state index is 13.0. The molecule has 0 aliphatic rings. The molecule has 8 heteroatoms. The molecule has 0 fully saturated rings. The summed E-state index contributed by atoms with van der Waals surface area (Å²) >= 11 is 0. The number of nitro benzene ring substituents is 1. The lowest BCUT2D eigenvalue weighted by Crippen LogP contribution is -2.43. The van der Waals surface area contributed by atoms with E-state index in [1.54, 1.807) is 6.07 Å². The van der Waals surface area contributed by atoms with Crippen LogP contribution in [0, 0.1) is 15.9 Å². The zero-order valence-corrected chi connectivity index (χ0v) is 14.0. The van der Waals surface area contributed by atoms with Crippen molar-refractivity contribution in [3.05, 3.63) is 75.6 Å². The predicted octanol–water partition coefficient (Wildman–Crippen LogP) is 2.18. The van der Waals surface area contributed by atoms with Gasteiger partial charge in [0, 0.05) is 18.6 Å². The zero-order valence-electron chi connectivity index (χ0n) is 14.0. The first kappa shape index (κ1) is 19.0. The molecule has 26 heavy (non-hydrogen) atoms. The smallest absolute Gasteiger partial charge is 0.328 e. The zero-order chi connectivity index (χ0) is 19.1. The summed E-state index contributed by atoms with van der Waals surface area (Å²) in [6.07, 6.45) is 0.00617. The van der Waals surface area contributed by atoms with Crippen LogP contribution in [0.5, 0.6) is 0 Å². The molecule has 2 rings (SSSR count). The van der Waals surface area contributed by atoms with E-state index in [-0.39, 0.29) is 18.5 Å². The number of carbonyl (C=O) groups excluding carboxylic acids is 2. The van der Waals surface area contributed by atoms with Gasteiger partial charge in [-0.25, -0.2) is 9.18 Å². The second-order valence-corrected chi connectivity index (χ2v) is 5.58. The van der Waals surface area contributed by atoms with Gasteiger partial charge in [0.1, 0.15) is 11.9 Å². The largest absolute Gasteiger partial charge is 0.467 e. The highest BCUT2D eigenvalue weighted by Crippen LogP contribution is 2.14. The Morgan fingerprint density at radius 2 is 1.88 bits per heavy atom. The quantitative estimate of drug-likeness (QED) is 0.464. The Hall–Kier alpha value is -3.29. The van der Waals surface area contributed by atoms with Gasteiger partial charge in [-0.05, 0) is 23.3 Å². The van der Waals surface area contributed by atoms with Crippen molar-refractivity contribution in [2.75, 3.05) is 7.11 Å². The maximum Gasteiger partial charge on any atom is 0.328 e. The van der Waals surface area contributed by atoms with E-state index >= 15 is 0 Å². The van der Waals surface area contributed by atoms with Crippen LogP contribution in [0.15, 0.2) is 48.5 Å². The molecule has 0 spiro atoms. The number of hydrogen-bond donors (Lipinski definition) is 1. The first-order chi connectivity index (χ1) is 12.4. The molecule has 1 amide bonds. The van der Waals surface area contributed by atoms with Crippen molar-refractivity contribution >= 4 is 17.6 Å². The van der Waals surface area contributed by atoms with E-state index in [9.17, 15) is 24.1 Å². The van der Waals surface area contributed by atoms with Crippen LogP contribution < -0.4 is 5.32 Å². The number of amides is 1. The van der Waals surface area contributed by atoms with Gasteiger partial charge in [-0.2, -0.15) is 0 Å². The van der Waals surface area contributed by atoms with Crippen LogP contribution in [-0.2, 0) is 27.2 Å². The molecule has 7 nitrogen and oxygen atoms in total. The predicted molar refractivity (Wildman–Crippen MR) is 90.9 cm³/mol. The summed E-state index contributed by atoms with van der Waals surface area (Å²) in [5.74, 6) is -1.53. The number of halogens is 1. The van der Waals surface area contributed by atoms with E-state index in [0.29, 0.717) is 11.1 Å². The summed E-state index contributed by atoms with van der Waals surface area (Å²) < 4.78 is 17.7. The van der Waals surface area contributed by atoms with Crippen LogP contribution in [0.25, 0.3) is 0 Å². The van der Waals surface area contributed by atoms with Gasteiger partial charge in [-0.3, -0.25) is 14.9 Å². The average molecular weight is 360 g/mol. The molecule has 0 unspecified atom stereocenters. The Labute approximate surface area is 148 Å². The summed E-state index contributed by atoms with van der Waals surface area (Å²) in [7, 11) is 1.20. The van der Waals surface area contributed by atoms with Gasteiger partial charge >= 0.3 is 5.97 Å². The molecule has 2 aromatic rings. The molecule has 1 N–H and O–H groups in total. The Morgan fingerprint density at radius 1 is 1.19 bits per heavy atom. The molecule has 0 radical (unpaired) electrons. The highest BCUT2D eigenvalue weighted by Gasteiger charge is 2.22. The van der Waals surface area contributed by atoms with E-state index < -0.39 is 28.7 Å². The van der Waals surface area contributed by atoms with E-state index in [1.807, 2.05) is 0 Å². The molecule has 2 aromatic carbocycles. The van der Waals surface area contributed by atoms with Crippen molar-refractivity contribution in [1.82, 2.24) is 5.32 Å². The number of hydrogen-bond acceptors (Lipinski definition) is 5. The van der Waals surface area contributed by atoms with Crippen molar-refractivity contribution < 1.29 is 23.6 Å². The number of carbonyl (C=O) groups is 2. The van der Waals surface area contributed by atoms with E-state index in [0.717, 1.165) is 0 Å². The number of non-ortho nitro benzene ring substituents is 1. The van der Waals surface area contributed by atoms with Crippen LogP contribution in [0.1, 0.15) is 11.1 Å². The number of ether oxygens (including phenoxy) is 1. The fourth-order valence-corrected chi connectivity index (χ4v) is 2.40. The third kappa shape index (κ3) is 5.37. The molecule has 0 heterocycles. The van der Waals surface area contributed by atoms with E-state index in [1.165, 1.54) is 49.6 Å². The molecular weight excluding hydrogens is 343 g/mol.